The maximum Gasteiger partial charge on any atom is 0.219 e. The average Bonchev–Trinajstić information content (AvgIpc) is 3.30. The maximum absolute atomic E-state index is 11.5. The summed E-state index contributed by atoms with van der Waals surface area (Å²) in [4.78, 5) is 20.3. The Bertz CT molecular complexity index is 930. The van der Waals surface area contributed by atoms with Crippen LogP contribution in [-0.4, -0.2) is 42.0 Å². The molecule has 0 aliphatic carbocycles. The van der Waals surface area contributed by atoms with Gasteiger partial charge in [0.15, 0.2) is 0 Å². The van der Waals surface area contributed by atoms with Crippen molar-refractivity contribution in [2.24, 2.45) is 0 Å². The number of anilines is 1. The standard InChI is InChI=1S/C23H26N4O2/c1-18(28)26-11-13-27(14-12-26)23-21(4-2-10-25-23)17-24-16-19-6-8-20(9-7-19)22-5-3-15-29-22/h2-10,15,24H,11-14,16-17H2,1H3. The van der Waals surface area contributed by atoms with Crippen LogP contribution in [0.25, 0.3) is 11.3 Å². The largest absolute Gasteiger partial charge is 0.464 e. The van der Waals surface area contributed by atoms with E-state index in [0.717, 1.165) is 56.4 Å². The molecule has 1 amide bonds. The fourth-order valence-electron chi connectivity index (χ4n) is 3.66. The maximum atomic E-state index is 11.5. The Morgan fingerprint density at radius 2 is 1.83 bits per heavy atom. The summed E-state index contributed by atoms with van der Waals surface area (Å²) < 4.78 is 5.44. The topological polar surface area (TPSA) is 61.6 Å². The summed E-state index contributed by atoms with van der Waals surface area (Å²) in [6.07, 6.45) is 3.53. The Labute approximate surface area is 171 Å². The number of aromatic nitrogens is 1. The van der Waals surface area contributed by atoms with E-state index in [4.69, 9.17) is 4.42 Å². The Hall–Kier alpha value is -3.12. The normalized spacial score (nSPS) is 14.2. The lowest BCUT2D eigenvalue weighted by molar-refractivity contribution is -0.129. The minimum Gasteiger partial charge on any atom is -0.464 e. The molecule has 1 N–H and O–H groups in total. The molecular weight excluding hydrogens is 364 g/mol. The van der Waals surface area contributed by atoms with Gasteiger partial charge in [0.2, 0.25) is 5.91 Å². The number of carbonyl (C=O) groups excluding carboxylic acids is 1. The van der Waals surface area contributed by atoms with Gasteiger partial charge in [0.1, 0.15) is 11.6 Å². The predicted molar refractivity (Wildman–Crippen MR) is 113 cm³/mol. The van der Waals surface area contributed by atoms with Gasteiger partial charge in [-0.3, -0.25) is 4.79 Å². The molecule has 29 heavy (non-hydrogen) atoms. The molecule has 2 aromatic heterocycles. The van der Waals surface area contributed by atoms with Gasteiger partial charge in [-0.2, -0.15) is 0 Å². The zero-order valence-corrected chi connectivity index (χ0v) is 16.7. The van der Waals surface area contributed by atoms with Crippen LogP contribution in [0.3, 0.4) is 0 Å². The highest BCUT2D eigenvalue weighted by atomic mass is 16.3. The first-order chi connectivity index (χ1) is 14.2. The molecule has 1 aliphatic rings. The molecule has 0 bridgehead atoms. The van der Waals surface area contributed by atoms with Crippen molar-refractivity contribution in [3.8, 4) is 11.3 Å². The fourth-order valence-corrected chi connectivity index (χ4v) is 3.66. The molecule has 0 radical (unpaired) electrons. The van der Waals surface area contributed by atoms with E-state index in [0.29, 0.717) is 0 Å². The summed E-state index contributed by atoms with van der Waals surface area (Å²) in [6, 6.07) is 16.4. The zero-order valence-electron chi connectivity index (χ0n) is 16.7. The quantitative estimate of drug-likeness (QED) is 0.700. The predicted octanol–water partition coefficient (Wildman–Crippen LogP) is 3.30. The molecule has 0 spiro atoms. The molecule has 150 valence electrons. The van der Waals surface area contributed by atoms with Crippen molar-refractivity contribution >= 4 is 11.7 Å². The van der Waals surface area contributed by atoms with Crippen LogP contribution in [0.5, 0.6) is 0 Å². The number of pyridine rings is 1. The Morgan fingerprint density at radius 1 is 1.03 bits per heavy atom. The summed E-state index contributed by atoms with van der Waals surface area (Å²) in [5, 5.41) is 3.52. The zero-order chi connectivity index (χ0) is 20.1. The number of hydrogen-bond acceptors (Lipinski definition) is 5. The number of nitrogens with zero attached hydrogens (tertiary/aromatic N) is 3. The molecule has 3 aromatic rings. The third-order valence-corrected chi connectivity index (χ3v) is 5.30. The highest BCUT2D eigenvalue weighted by molar-refractivity contribution is 5.73. The van der Waals surface area contributed by atoms with E-state index in [9.17, 15) is 4.79 Å². The first-order valence-electron chi connectivity index (χ1n) is 9.98. The van der Waals surface area contributed by atoms with Crippen LogP contribution >= 0.6 is 0 Å². The molecule has 1 aromatic carbocycles. The molecular formula is C23H26N4O2. The lowest BCUT2D eigenvalue weighted by atomic mass is 10.1. The molecule has 0 saturated carbocycles. The highest BCUT2D eigenvalue weighted by Crippen LogP contribution is 2.21. The van der Waals surface area contributed by atoms with Gasteiger partial charge in [-0.05, 0) is 23.8 Å². The van der Waals surface area contributed by atoms with E-state index in [-0.39, 0.29) is 5.91 Å². The van der Waals surface area contributed by atoms with Crippen molar-refractivity contribution in [2.45, 2.75) is 20.0 Å². The summed E-state index contributed by atoms with van der Waals surface area (Å²) in [5.41, 5.74) is 3.48. The molecule has 6 nitrogen and oxygen atoms in total. The van der Waals surface area contributed by atoms with Crippen LogP contribution in [0.2, 0.25) is 0 Å². The van der Waals surface area contributed by atoms with Gasteiger partial charge in [0.05, 0.1) is 6.26 Å². The van der Waals surface area contributed by atoms with Crippen molar-refractivity contribution in [2.75, 3.05) is 31.1 Å². The Morgan fingerprint density at radius 3 is 2.52 bits per heavy atom. The molecule has 1 saturated heterocycles. The molecule has 0 unspecified atom stereocenters. The minimum absolute atomic E-state index is 0.144. The van der Waals surface area contributed by atoms with Gasteiger partial charge in [0, 0.05) is 63.5 Å². The number of benzene rings is 1. The van der Waals surface area contributed by atoms with Crippen LogP contribution in [0.15, 0.2) is 65.4 Å². The molecule has 4 rings (SSSR count). The third kappa shape index (κ3) is 4.66. The third-order valence-electron chi connectivity index (χ3n) is 5.30. The van der Waals surface area contributed by atoms with Gasteiger partial charge < -0.3 is 19.5 Å². The van der Waals surface area contributed by atoms with Gasteiger partial charge in [-0.1, -0.05) is 30.3 Å². The number of nitrogens with one attached hydrogen (secondary N) is 1. The molecule has 1 aliphatic heterocycles. The Balaban J connectivity index is 1.34. The van der Waals surface area contributed by atoms with Crippen LogP contribution in [0.4, 0.5) is 5.82 Å². The van der Waals surface area contributed by atoms with E-state index < -0.39 is 0 Å². The first kappa shape index (κ1) is 19.2. The SMILES string of the molecule is CC(=O)N1CCN(c2ncccc2CNCc2ccc(-c3ccco3)cc2)CC1. The smallest absolute Gasteiger partial charge is 0.219 e. The second kappa shape index (κ2) is 8.92. The van der Waals surface area contributed by atoms with Crippen molar-refractivity contribution in [3.63, 3.8) is 0 Å². The van der Waals surface area contributed by atoms with Crippen molar-refractivity contribution in [1.29, 1.82) is 0 Å². The molecule has 1 fully saturated rings. The number of carbonyl (C=O) groups is 1. The van der Waals surface area contributed by atoms with Gasteiger partial charge in [0.25, 0.3) is 0 Å². The van der Waals surface area contributed by atoms with Gasteiger partial charge >= 0.3 is 0 Å². The van der Waals surface area contributed by atoms with Gasteiger partial charge in [-0.15, -0.1) is 0 Å². The second-order valence-electron chi connectivity index (χ2n) is 7.26. The monoisotopic (exact) mass is 390 g/mol. The highest BCUT2D eigenvalue weighted by Gasteiger charge is 2.21. The molecule has 3 heterocycles. The Kier molecular flexibility index (Phi) is 5.91. The summed E-state index contributed by atoms with van der Waals surface area (Å²) in [6.45, 7) is 6.30. The van der Waals surface area contributed by atoms with Crippen LogP contribution in [0, 0.1) is 0 Å². The van der Waals surface area contributed by atoms with Crippen molar-refractivity contribution in [3.05, 3.63) is 72.1 Å². The molecule has 0 atom stereocenters. The number of piperazine rings is 1. The van der Waals surface area contributed by atoms with E-state index in [2.05, 4.69) is 45.5 Å². The minimum atomic E-state index is 0.144. The van der Waals surface area contributed by atoms with E-state index in [1.807, 2.05) is 29.3 Å². The second-order valence-corrected chi connectivity index (χ2v) is 7.26. The lowest BCUT2D eigenvalue weighted by Crippen LogP contribution is -2.48. The number of hydrogen-bond donors (Lipinski definition) is 1. The number of furan rings is 1. The van der Waals surface area contributed by atoms with E-state index in [1.165, 1.54) is 11.1 Å². The first-order valence-corrected chi connectivity index (χ1v) is 9.98. The summed E-state index contributed by atoms with van der Waals surface area (Å²) in [7, 11) is 0. The van der Waals surface area contributed by atoms with Crippen molar-refractivity contribution < 1.29 is 9.21 Å². The number of rotatable bonds is 6. The van der Waals surface area contributed by atoms with Crippen LogP contribution in [-0.2, 0) is 17.9 Å². The average molecular weight is 390 g/mol. The van der Waals surface area contributed by atoms with Crippen LogP contribution < -0.4 is 10.2 Å². The van der Waals surface area contributed by atoms with E-state index >= 15 is 0 Å². The van der Waals surface area contributed by atoms with Gasteiger partial charge in [-0.25, -0.2) is 4.98 Å². The molecule has 6 heteroatoms. The van der Waals surface area contributed by atoms with Crippen LogP contribution in [0.1, 0.15) is 18.1 Å². The van der Waals surface area contributed by atoms with Crippen molar-refractivity contribution in [1.82, 2.24) is 15.2 Å². The number of amides is 1. The lowest BCUT2D eigenvalue weighted by Gasteiger charge is -2.35. The van der Waals surface area contributed by atoms with E-state index in [1.54, 1.807) is 13.2 Å². The summed E-state index contributed by atoms with van der Waals surface area (Å²) in [5.74, 6) is 2.04. The summed E-state index contributed by atoms with van der Waals surface area (Å²) >= 11 is 0. The fraction of sp³-hybridized carbons (Fsp3) is 0.304.